The molecule has 1 aromatic carbocycles. The normalized spacial score (nSPS) is 15.7. The summed E-state index contributed by atoms with van der Waals surface area (Å²) in [4.78, 5) is 35.0. The zero-order valence-corrected chi connectivity index (χ0v) is 13.9. The predicted octanol–water partition coefficient (Wildman–Crippen LogP) is 1.74. The molecule has 3 N–H and O–H groups in total. The van der Waals surface area contributed by atoms with Crippen molar-refractivity contribution in [3.63, 3.8) is 0 Å². The molecule has 6 nitrogen and oxygen atoms in total. The largest absolute Gasteiger partial charge is 0.478 e. The Balaban J connectivity index is 1.75. The first kappa shape index (κ1) is 18.0. The van der Waals surface area contributed by atoms with Crippen molar-refractivity contribution >= 4 is 17.8 Å². The van der Waals surface area contributed by atoms with E-state index >= 15 is 0 Å². The van der Waals surface area contributed by atoms with Crippen LogP contribution in [0.1, 0.15) is 48.5 Å². The molecular formula is C18H24N2O4. The van der Waals surface area contributed by atoms with Crippen molar-refractivity contribution < 1.29 is 19.5 Å². The van der Waals surface area contributed by atoms with E-state index in [-0.39, 0.29) is 23.3 Å². The van der Waals surface area contributed by atoms with Crippen LogP contribution in [0.5, 0.6) is 0 Å². The third kappa shape index (κ3) is 5.08. The molecule has 0 aromatic heterocycles. The van der Waals surface area contributed by atoms with Gasteiger partial charge in [0.05, 0.1) is 5.56 Å². The van der Waals surface area contributed by atoms with E-state index in [1.54, 1.807) is 19.1 Å². The van der Waals surface area contributed by atoms with E-state index < -0.39 is 12.0 Å². The van der Waals surface area contributed by atoms with Crippen LogP contribution in [0.2, 0.25) is 0 Å². The minimum absolute atomic E-state index is 0.0377. The van der Waals surface area contributed by atoms with Crippen LogP contribution in [0.15, 0.2) is 24.3 Å². The molecule has 2 amide bonds. The number of nitrogens with one attached hydrogen (secondary N) is 2. The summed E-state index contributed by atoms with van der Waals surface area (Å²) < 4.78 is 0. The average Bonchev–Trinajstić information content (AvgIpc) is 3.09. The van der Waals surface area contributed by atoms with E-state index in [1.165, 1.54) is 6.07 Å². The lowest BCUT2D eigenvalue weighted by atomic mass is 10.1. The summed E-state index contributed by atoms with van der Waals surface area (Å²) in [5.74, 6) is -1.19. The Kier molecular flexibility index (Phi) is 6.35. The van der Waals surface area contributed by atoms with E-state index in [9.17, 15) is 14.4 Å². The number of rotatable bonds is 7. The molecule has 1 fully saturated rings. The number of carbonyl (C=O) groups excluding carboxylic acids is 2. The molecule has 2 rings (SSSR count). The van der Waals surface area contributed by atoms with Gasteiger partial charge in [0.25, 0.3) is 0 Å². The molecule has 24 heavy (non-hydrogen) atoms. The number of amides is 2. The monoisotopic (exact) mass is 332 g/mol. The molecule has 0 heterocycles. The van der Waals surface area contributed by atoms with Crippen LogP contribution in [-0.2, 0) is 16.0 Å². The number of benzene rings is 1. The molecule has 1 aliphatic carbocycles. The summed E-state index contributed by atoms with van der Waals surface area (Å²) >= 11 is 0. The number of carboxylic acid groups (broad SMARTS) is 1. The van der Waals surface area contributed by atoms with Gasteiger partial charge in [-0.1, -0.05) is 25.0 Å². The Morgan fingerprint density at radius 3 is 2.62 bits per heavy atom. The van der Waals surface area contributed by atoms with E-state index in [0.29, 0.717) is 13.0 Å². The fraction of sp³-hybridized carbons (Fsp3) is 0.500. The van der Waals surface area contributed by atoms with Gasteiger partial charge in [0.2, 0.25) is 11.8 Å². The van der Waals surface area contributed by atoms with E-state index in [1.807, 2.05) is 6.07 Å². The maximum absolute atomic E-state index is 12.0. The Morgan fingerprint density at radius 1 is 1.25 bits per heavy atom. The summed E-state index contributed by atoms with van der Waals surface area (Å²) in [6.45, 7) is 2.07. The first-order valence-corrected chi connectivity index (χ1v) is 8.37. The molecule has 0 spiro atoms. The lowest BCUT2D eigenvalue weighted by molar-refractivity contribution is -0.130. The third-order valence-electron chi connectivity index (χ3n) is 4.36. The second-order valence-electron chi connectivity index (χ2n) is 6.26. The van der Waals surface area contributed by atoms with Crippen LogP contribution < -0.4 is 10.6 Å². The Morgan fingerprint density at radius 2 is 1.96 bits per heavy atom. The molecule has 1 atom stereocenters. The van der Waals surface area contributed by atoms with Crippen molar-refractivity contribution in [2.45, 2.75) is 45.1 Å². The van der Waals surface area contributed by atoms with Crippen molar-refractivity contribution in [1.82, 2.24) is 10.6 Å². The maximum atomic E-state index is 12.0. The van der Waals surface area contributed by atoms with Crippen LogP contribution >= 0.6 is 0 Å². The van der Waals surface area contributed by atoms with Gasteiger partial charge < -0.3 is 15.7 Å². The van der Waals surface area contributed by atoms with Crippen LogP contribution in [0.4, 0.5) is 0 Å². The highest BCUT2D eigenvalue weighted by atomic mass is 16.4. The molecule has 1 unspecified atom stereocenters. The molecule has 1 saturated carbocycles. The highest BCUT2D eigenvalue weighted by Gasteiger charge is 2.25. The third-order valence-corrected chi connectivity index (χ3v) is 4.36. The van der Waals surface area contributed by atoms with Crippen LogP contribution in [0.25, 0.3) is 0 Å². The Labute approximate surface area is 141 Å². The van der Waals surface area contributed by atoms with Crippen LogP contribution in [-0.4, -0.2) is 35.5 Å². The Hall–Kier alpha value is -2.37. The summed E-state index contributed by atoms with van der Waals surface area (Å²) in [6.07, 6.45) is 4.50. The van der Waals surface area contributed by atoms with Gasteiger partial charge >= 0.3 is 5.97 Å². The summed E-state index contributed by atoms with van der Waals surface area (Å²) in [7, 11) is 0. The van der Waals surface area contributed by atoms with Crippen molar-refractivity contribution in [3.8, 4) is 0 Å². The molecule has 0 bridgehead atoms. The SMILES string of the molecule is CC(NC(=O)C1CCCC1)C(=O)NCCc1cccc(C(=O)O)c1. The summed E-state index contributed by atoms with van der Waals surface area (Å²) in [5, 5.41) is 14.5. The molecule has 6 heteroatoms. The van der Waals surface area contributed by atoms with Gasteiger partial charge in [-0.2, -0.15) is 0 Å². The van der Waals surface area contributed by atoms with E-state index in [0.717, 1.165) is 31.2 Å². The van der Waals surface area contributed by atoms with Gasteiger partial charge in [0.15, 0.2) is 0 Å². The van der Waals surface area contributed by atoms with Gasteiger partial charge in [-0.25, -0.2) is 4.79 Å². The van der Waals surface area contributed by atoms with Crippen molar-refractivity contribution in [3.05, 3.63) is 35.4 Å². The van der Waals surface area contributed by atoms with Gasteiger partial charge in [0, 0.05) is 12.5 Å². The van der Waals surface area contributed by atoms with Crippen molar-refractivity contribution in [2.75, 3.05) is 6.54 Å². The zero-order valence-electron chi connectivity index (χ0n) is 13.9. The minimum atomic E-state index is -0.968. The van der Waals surface area contributed by atoms with Gasteiger partial charge in [-0.15, -0.1) is 0 Å². The maximum Gasteiger partial charge on any atom is 0.335 e. The van der Waals surface area contributed by atoms with Gasteiger partial charge in [-0.05, 0) is 43.9 Å². The van der Waals surface area contributed by atoms with E-state index in [2.05, 4.69) is 10.6 Å². The molecule has 0 saturated heterocycles. The zero-order chi connectivity index (χ0) is 17.5. The van der Waals surface area contributed by atoms with Gasteiger partial charge in [-0.3, -0.25) is 9.59 Å². The van der Waals surface area contributed by atoms with E-state index in [4.69, 9.17) is 5.11 Å². The number of aromatic carboxylic acids is 1. The Bertz CT molecular complexity index is 609. The summed E-state index contributed by atoms with van der Waals surface area (Å²) in [5.41, 5.74) is 1.08. The standard InChI is InChI=1S/C18H24N2O4/c1-12(20-17(22)14-6-2-3-7-14)16(21)19-10-9-13-5-4-8-15(11-13)18(23)24/h4-5,8,11-12,14H,2-3,6-7,9-10H2,1H3,(H,19,21)(H,20,22)(H,23,24). The lowest BCUT2D eigenvalue weighted by Crippen LogP contribution is -2.46. The van der Waals surface area contributed by atoms with Crippen molar-refractivity contribution in [2.24, 2.45) is 5.92 Å². The average molecular weight is 332 g/mol. The lowest BCUT2D eigenvalue weighted by Gasteiger charge is -2.16. The fourth-order valence-electron chi connectivity index (χ4n) is 2.93. The summed E-state index contributed by atoms with van der Waals surface area (Å²) in [6, 6.07) is 6.07. The molecule has 130 valence electrons. The van der Waals surface area contributed by atoms with Crippen LogP contribution in [0.3, 0.4) is 0 Å². The number of hydrogen-bond donors (Lipinski definition) is 3. The molecule has 0 radical (unpaired) electrons. The fourth-order valence-corrected chi connectivity index (χ4v) is 2.93. The minimum Gasteiger partial charge on any atom is -0.478 e. The first-order chi connectivity index (χ1) is 11.5. The quantitative estimate of drug-likeness (QED) is 0.709. The van der Waals surface area contributed by atoms with Crippen LogP contribution in [0, 0.1) is 5.92 Å². The number of carbonyl (C=O) groups is 3. The first-order valence-electron chi connectivity index (χ1n) is 8.37. The smallest absolute Gasteiger partial charge is 0.335 e. The van der Waals surface area contributed by atoms with Gasteiger partial charge in [0.1, 0.15) is 6.04 Å². The molecule has 0 aliphatic heterocycles. The predicted molar refractivity (Wildman–Crippen MR) is 89.7 cm³/mol. The molecule has 1 aliphatic rings. The number of hydrogen-bond acceptors (Lipinski definition) is 3. The van der Waals surface area contributed by atoms with Crippen molar-refractivity contribution in [1.29, 1.82) is 0 Å². The second-order valence-corrected chi connectivity index (χ2v) is 6.26. The highest BCUT2D eigenvalue weighted by Crippen LogP contribution is 2.24. The highest BCUT2D eigenvalue weighted by molar-refractivity contribution is 5.88. The number of carboxylic acids is 1. The second kappa shape index (κ2) is 8.47. The molecular weight excluding hydrogens is 308 g/mol. The molecule has 1 aromatic rings. The topological polar surface area (TPSA) is 95.5 Å².